The molecule has 0 spiro atoms. The molecule has 7 nitrogen and oxygen atoms in total. The topological polar surface area (TPSA) is 91.3 Å². The van der Waals surface area contributed by atoms with Crippen molar-refractivity contribution >= 4 is 34.8 Å². The van der Waals surface area contributed by atoms with E-state index < -0.39 is 35.6 Å². The molecule has 0 amide bonds. The van der Waals surface area contributed by atoms with E-state index >= 15 is 0 Å². The molecule has 1 aliphatic carbocycles. The van der Waals surface area contributed by atoms with Gasteiger partial charge in [0.05, 0.1) is 32.8 Å². The van der Waals surface area contributed by atoms with Crippen LogP contribution in [-0.2, 0) is 23.9 Å². The van der Waals surface area contributed by atoms with Gasteiger partial charge in [0.15, 0.2) is 5.78 Å². The van der Waals surface area contributed by atoms with Crippen molar-refractivity contribution in [3.05, 3.63) is 63.0 Å². The molecule has 0 bridgehead atoms. The number of ketones is 1. The lowest BCUT2D eigenvalue weighted by Gasteiger charge is -2.40. The van der Waals surface area contributed by atoms with Crippen molar-refractivity contribution in [3.63, 3.8) is 0 Å². The smallest absolute Gasteiger partial charge is 0.336 e. The zero-order valence-corrected chi connectivity index (χ0v) is 20.6. The van der Waals surface area contributed by atoms with E-state index in [9.17, 15) is 14.4 Å². The highest BCUT2D eigenvalue weighted by atomic mass is 32.1. The second-order valence-electron chi connectivity index (χ2n) is 8.50. The molecule has 2 heterocycles. The number of hydrogen-bond acceptors (Lipinski definition) is 8. The SMILES string of the molecule is COC(=O)C1=C(C)N=C2CC(c3ccc(OC)cc3)C(C(=O)OC)C(=O)C2C1c1sccc1C. The van der Waals surface area contributed by atoms with E-state index in [1.807, 2.05) is 30.5 Å². The van der Waals surface area contributed by atoms with Crippen LogP contribution in [0.15, 0.2) is 52.0 Å². The van der Waals surface area contributed by atoms with Gasteiger partial charge in [0.25, 0.3) is 0 Å². The number of esters is 2. The van der Waals surface area contributed by atoms with Crippen LogP contribution in [0.3, 0.4) is 0 Å². The Kier molecular flexibility index (Phi) is 6.70. The number of thiophene rings is 1. The zero-order valence-electron chi connectivity index (χ0n) is 19.8. The third-order valence-electron chi connectivity index (χ3n) is 6.74. The molecule has 1 aromatic heterocycles. The summed E-state index contributed by atoms with van der Waals surface area (Å²) < 4.78 is 15.4. The maximum atomic E-state index is 14.1. The Bertz CT molecular complexity index is 1190. The second-order valence-corrected chi connectivity index (χ2v) is 9.45. The molecule has 34 heavy (non-hydrogen) atoms. The van der Waals surface area contributed by atoms with Gasteiger partial charge in [-0.25, -0.2) is 4.79 Å². The zero-order chi connectivity index (χ0) is 24.6. The minimum absolute atomic E-state index is 0.288. The van der Waals surface area contributed by atoms with Crippen molar-refractivity contribution in [3.8, 4) is 5.75 Å². The van der Waals surface area contributed by atoms with Crippen LogP contribution < -0.4 is 4.74 Å². The van der Waals surface area contributed by atoms with E-state index in [1.54, 1.807) is 26.2 Å². The van der Waals surface area contributed by atoms with Crippen LogP contribution in [-0.4, -0.2) is 44.8 Å². The molecular formula is C26H27NO6S. The molecule has 1 aromatic carbocycles. The van der Waals surface area contributed by atoms with Gasteiger partial charge in [-0.15, -0.1) is 11.3 Å². The maximum Gasteiger partial charge on any atom is 0.336 e. The van der Waals surface area contributed by atoms with Gasteiger partial charge in [-0.05, 0) is 55.0 Å². The molecule has 178 valence electrons. The van der Waals surface area contributed by atoms with Crippen molar-refractivity contribution < 1.29 is 28.6 Å². The van der Waals surface area contributed by atoms with E-state index in [4.69, 9.17) is 19.2 Å². The van der Waals surface area contributed by atoms with Gasteiger partial charge in [0.2, 0.25) is 0 Å². The first-order chi connectivity index (χ1) is 16.3. The van der Waals surface area contributed by atoms with Crippen molar-refractivity contribution in [1.29, 1.82) is 0 Å². The Morgan fingerprint density at radius 2 is 1.71 bits per heavy atom. The maximum absolute atomic E-state index is 14.1. The number of ether oxygens (including phenoxy) is 3. The number of allylic oxidation sites excluding steroid dienone is 1. The van der Waals surface area contributed by atoms with Crippen molar-refractivity contribution in [1.82, 2.24) is 0 Å². The first-order valence-corrected chi connectivity index (χ1v) is 11.9. The minimum atomic E-state index is -1.01. The molecule has 4 rings (SSSR count). The average Bonchev–Trinajstić information content (AvgIpc) is 3.27. The number of Topliss-reactive ketones (excluding diaryl/α,β-unsaturated/α-hetero) is 1. The van der Waals surface area contributed by atoms with Crippen LogP contribution >= 0.6 is 11.3 Å². The van der Waals surface area contributed by atoms with Crippen LogP contribution in [0.2, 0.25) is 0 Å². The summed E-state index contributed by atoms with van der Waals surface area (Å²) in [6, 6.07) is 9.29. The fourth-order valence-electron chi connectivity index (χ4n) is 5.10. The quantitative estimate of drug-likeness (QED) is 0.469. The number of methoxy groups -OCH3 is 3. The largest absolute Gasteiger partial charge is 0.497 e. The summed E-state index contributed by atoms with van der Waals surface area (Å²) in [6.07, 6.45) is 0.398. The van der Waals surface area contributed by atoms with Crippen LogP contribution in [0.25, 0.3) is 0 Å². The molecule has 2 aliphatic rings. The highest BCUT2D eigenvalue weighted by Gasteiger charge is 2.53. The van der Waals surface area contributed by atoms with Crippen LogP contribution in [0.4, 0.5) is 0 Å². The first-order valence-electron chi connectivity index (χ1n) is 11.0. The lowest BCUT2D eigenvalue weighted by atomic mass is 9.63. The number of carbonyl (C=O) groups is 3. The molecular weight excluding hydrogens is 454 g/mol. The number of nitrogens with zero attached hydrogens (tertiary/aromatic N) is 1. The number of aryl methyl sites for hydroxylation is 1. The van der Waals surface area contributed by atoms with E-state index in [-0.39, 0.29) is 5.78 Å². The fraction of sp³-hybridized carbons (Fsp3) is 0.385. The van der Waals surface area contributed by atoms with Crippen molar-refractivity contribution in [2.45, 2.75) is 32.1 Å². The van der Waals surface area contributed by atoms with Crippen molar-refractivity contribution in [2.75, 3.05) is 21.3 Å². The third kappa shape index (κ3) is 3.96. The summed E-state index contributed by atoms with van der Waals surface area (Å²) in [5.74, 6) is -3.45. The number of fused-ring (bicyclic) bond motifs is 1. The monoisotopic (exact) mass is 481 g/mol. The lowest BCUT2D eigenvalue weighted by molar-refractivity contribution is -0.151. The van der Waals surface area contributed by atoms with Gasteiger partial charge in [0.1, 0.15) is 11.7 Å². The Balaban J connectivity index is 1.88. The normalized spacial score (nSPS) is 24.3. The van der Waals surface area contributed by atoms with Gasteiger partial charge < -0.3 is 14.2 Å². The standard InChI is InChI=1S/C26H27NO6S/c1-13-10-11-34-24(13)22-19(25(29)32-4)14(2)27-18-12-17(15-6-8-16(31-3)9-7-15)20(26(30)33-5)23(28)21(18)22/h6-11,17,20-22H,12H2,1-5H3. The molecule has 1 fully saturated rings. The van der Waals surface area contributed by atoms with E-state index in [0.29, 0.717) is 29.2 Å². The highest BCUT2D eigenvalue weighted by Crippen LogP contribution is 2.49. The van der Waals surface area contributed by atoms with Crippen molar-refractivity contribution in [2.24, 2.45) is 16.8 Å². The molecule has 1 saturated carbocycles. The Morgan fingerprint density at radius 3 is 2.26 bits per heavy atom. The summed E-state index contributed by atoms with van der Waals surface area (Å²) in [4.78, 5) is 45.5. The van der Waals surface area contributed by atoms with Gasteiger partial charge in [-0.1, -0.05) is 12.1 Å². The van der Waals surface area contributed by atoms with E-state index in [2.05, 4.69) is 0 Å². The summed E-state index contributed by atoms with van der Waals surface area (Å²) in [6.45, 7) is 3.72. The van der Waals surface area contributed by atoms with Gasteiger partial charge in [-0.2, -0.15) is 0 Å². The number of rotatable bonds is 5. The minimum Gasteiger partial charge on any atom is -0.497 e. The van der Waals surface area contributed by atoms with Crippen LogP contribution in [0.1, 0.15) is 41.2 Å². The molecule has 1 aliphatic heterocycles. The lowest BCUT2D eigenvalue weighted by Crippen LogP contribution is -2.48. The second kappa shape index (κ2) is 9.54. The summed E-state index contributed by atoms with van der Waals surface area (Å²) in [7, 11) is 4.19. The molecule has 4 unspecified atom stereocenters. The summed E-state index contributed by atoms with van der Waals surface area (Å²) in [5.41, 5.74) is 3.38. The molecule has 0 N–H and O–H groups in total. The van der Waals surface area contributed by atoms with E-state index in [0.717, 1.165) is 16.0 Å². The molecule has 0 saturated heterocycles. The third-order valence-corrected chi connectivity index (χ3v) is 7.84. The molecule has 0 radical (unpaired) electrons. The number of hydrogen-bond donors (Lipinski definition) is 0. The number of benzene rings is 1. The van der Waals surface area contributed by atoms with E-state index in [1.165, 1.54) is 25.6 Å². The van der Waals surface area contributed by atoms with Crippen LogP contribution in [0.5, 0.6) is 5.75 Å². The van der Waals surface area contributed by atoms with Gasteiger partial charge >= 0.3 is 11.9 Å². The Labute approximate surface area is 202 Å². The molecule has 4 atom stereocenters. The average molecular weight is 482 g/mol. The highest BCUT2D eigenvalue weighted by molar-refractivity contribution is 7.10. The van der Waals surface area contributed by atoms with Gasteiger partial charge in [-0.3, -0.25) is 14.6 Å². The molecule has 8 heteroatoms. The number of carbonyl (C=O) groups excluding carboxylic acids is 3. The Morgan fingerprint density at radius 1 is 1.00 bits per heavy atom. The Hall–Kier alpha value is -3.26. The van der Waals surface area contributed by atoms with Gasteiger partial charge in [0, 0.05) is 28.1 Å². The first kappa shape index (κ1) is 23.9. The predicted molar refractivity (Wildman–Crippen MR) is 128 cm³/mol. The number of aliphatic imine (C=N–C) groups is 1. The fourth-order valence-corrected chi connectivity index (χ4v) is 6.18. The predicted octanol–water partition coefficient (Wildman–Crippen LogP) is 4.21. The summed E-state index contributed by atoms with van der Waals surface area (Å²) in [5, 5.41) is 1.94. The molecule has 2 aromatic rings. The van der Waals surface area contributed by atoms with Crippen LogP contribution in [0, 0.1) is 18.8 Å². The summed E-state index contributed by atoms with van der Waals surface area (Å²) >= 11 is 1.48.